The fourth-order valence-electron chi connectivity index (χ4n) is 9.06. The smallest absolute Gasteiger partial charge is 0.319 e. The number of terminal acetylenes is 1. The van der Waals surface area contributed by atoms with Crippen LogP contribution >= 0.6 is 0 Å². The average molecular weight is 697 g/mol. The molecule has 51 heavy (non-hydrogen) atoms. The highest BCUT2D eigenvalue weighted by Crippen LogP contribution is 2.43. The van der Waals surface area contributed by atoms with Gasteiger partial charge in [0.05, 0.1) is 11.6 Å². The number of hydrogen-bond donors (Lipinski definition) is 3. The summed E-state index contributed by atoms with van der Waals surface area (Å²) in [6.07, 6.45) is 8.27. The van der Waals surface area contributed by atoms with Crippen LogP contribution in [0.4, 0.5) is 14.6 Å². The van der Waals surface area contributed by atoms with Crippen LogP contribution < -0.4 is 15.0 Å². The Balaban J connectivity index is 1.18. The number of carbonyl (C=O) groups excluding carboxylic acids is 1. The summed E-state index contributed by atoms with van der Waals surface area (Å²) in [6, 6.07) is 12.3. The molecule has 4 saturated heterocycles. The fraction of sp³-hybridized carbons (Fsp3) is 0.462. The Hall–Kier alpha value is -4.57. The molecule has 0 aliphatic carbocycles. The first-order chi connectivity index (χ1) is 24.6. The molecule has 0 spiro atoms. The first-order valence-electron chi connectivity index (χ1n) is 17.8. The standard InChI is InChI=1S/C39H42F2N6O4/c1-3-24-6-4-7-25-14-29(49)15-33(34(24)25)31-10-11-32-36(35(31)41)43-38(51-22-39-12-5-13-46(39)18-26(40)16-39)44-37(32)45-19-27-8-9-28(20-45)47(27)21-30(50)17-42-23(2)48/h1,4,6-7,10-11,14-15,26-28,30,49-50H,5,8-9,12-13,16-22H2,2H3,(H,42,48)/t26-,27-,28+,30-,39+/m1/s1. The summed E-state index contributed by atoms with van der Waals surface area (Å²) in [6.45, 7) is 4.66. The number of halogens is 2. The number of nitrogens with one attached hydrogen (secondary N) is 1. The Labute approximate surface area is 295 Å². The van der Waals surface area contributed by atoms with Crippen LogP contribution in [0.5, 0.6) is 11.8 Å². The van der Waals surface area contributed by atoms with E-state index in [4.69, 9.17) is 16.1 Å². The first-order valence-corrected chi connectivity index (χ1v) is 17.8. The number of fused-ring (bicyclic) bond motifs is 5. The molecular formula is C39H42F2N6O4. The van der Waals surface area contributed by atoms with Crippen molar-refractivity contribution < 1.29 is 28.5 Å². The van der Waals surface area contributed by atoms with E-state index in [0.29, 0.717) is 65.7 Å². The molecule has 12 heteroatoms. The van der Waals surface area contributed by atoms with Gasteiger partial charge in [0.1, 0.15) is 29.9 Å². The van der Waals surface area contributed by atoms with Crippen LogP contribution in [0.1, 0.15) is 44.6 Å². The molecule has 266 valence electrons. The number of benzene rings is 3. The highest BCUT2D eigenvalue weighted by atomic mass is 19.1. The lowest BCUT2D eigenvalue weighted by atomic mass is 9.93. The third-order valence-corrected chi connectivity index (χ3v) is 11.3. The molecule has 8 rings (SSSR count). The van der Waals surface area contributed by atoms with Gasteiger partial charge in [-0.1, -0.05) is 24.1 Å². The summed E-state index contributed by atoms with van der Waals surface area (Å²) in [5.74, 6) is 2.46. The molecule has 4 aliphatic heterocycles. The molecule has 3 N–H and O–H groups in total. The molecule has 4 aromatic rings. The molecule has 10 nitrogen and oxygen atoms in total. The van der Waals surface area contributed by atoms with E-state index in [1.807, 2.05) is 12.1 Å². The zero-order chi connectivity index (χ0) is 35.4. The summed E-state index contributed by atoms with van der Waals surface area (Å²) < 4.78 is 38.0. The van der Waals surface area contributed by atoms with Gasteiger partial charge in [0, 0.05) is 80.1 Å². The summed E-state index contributed by atoms with van der Waals surface area (Å²) in [5.41, 5.74) is 0.904. The fourth-order valence-corrected chi connectivity index (χ4v) is 9.06. The molecule has 3 aromatic carbocycles. The van der Waals surface area contributed by atoms with E-state index in [1.54, 1.807) is 24.3 Å². The number of phenolic OH excluding ortho intramolecular Hbond substituents is 1. The summed E-state index contributed by atoms with van der Waals surface area (Å²) in [4.78, 5) is 27.6. The van der Waals surface area contributed by atoms with E-state index in [2.05, 4.69) is 30.9 Å². The number of aliphatic hydroxyl groups is 1. The Bertz CT molecular complexity index is 2040. The first kappa shape index (κ1) is 33.6. The summed E-state index contributed by atoms with van der Waals surface area (Å²) in [7, 11) is 0. The van der Waals surface area contributed by atoms with Gasteiger partial charge in [-0.15, -0.1) is 6.42 Å². The minimum absolute atomic E-state index is 0.0165. The van der Waals surface area contributed by atoms with Gasteiger partial charge in [0.15, 0.2) is 5.82 Å². The van der Waals surface area contributed by atoms with Gasteiger partial charge in [-0.3, -0.25) is 14.6 Å². The van der Waals surface area contributed by atoms with E-state index >= 15 is 4.39 Å². The lowest BCUT2D eigenvalue weighted by Gasteiger charge is -2.42. The molecule has 4 aliphatic rings. The molecule has 0 saturated carbocycles. The Morgan fingerprint density at radius 3 is 2.73 bits per heavy atom. The van der Waals surface area contributed by atoms with Crippen molar-refractivity contribution in [1.29, 1.82) is 0 Å². The van der Waals surface area contributed by atoms with Crippen molar-refractivity contribution in [3.05, 3.63) is 53.8 Å². The number of alkyl halides is 1. The quantitative estimate of drug-likeness (QED) is 0.220. The Kier molecular flexibility index (Phi) is 8.69. The van der Waals surface area contributed by atoms with Crippen molar-refractivity contribution in [2.24, 2.45) is 0 Å². The second kappa shape index (κ2) is 13.2. The van der Waals surface area contributed by atoms with Crippen molar-refractivity contribution in [2.75, 3.05) is 50.8 Å². The van der Waals surface area contributed by atoms with Crippen LogP contribution in [-0.2, 0) is 4.79 Å². The van der Waals surface area contributed by atoms with E-state index in [-0.39, 0.29) is 54.0 Å². The Morgan fingerprint density at radius 2 is 1.96 bits per heavy atom. The van der Waals surface area contributed by atoms with Gasteiger partial charge in [0.2, 0.25) is 5.91 Å². The third-order valence-electron chi connectivity index (χ3n) is 11.3. The predicted octanol–water partition coefficient (Wildman–Crippen LogP) is 4.38. The van der Waals surface area contributed by atoms with Crippen molar-refractivity contribution in [3.63, 3.8) is 0 Å². The highest BCUT2D eigenvalue weighted by Gasteiger charge is 2.49. The second-order valence-corrected chi connectivity index (χ2v) is 14.6. The third kappa shape index (κ3) is 6.11. The van der Waals surface area contributed by atoms with Crippen LogP contribution in [0.25, 0.3) is 32.8 Å². The maximum Gasteiger partial charge on any atom is 0.319 e. The van der Waals surface area contributed by atoms with Gasteiger partial charge >= 0.3 is 6.01 Å². The maximum atomic E-state index is 17.1. The molecule has 0 unspecified atom stereocenters. The van der Waals surface area contributed by atoms with Crippen LogP contribution in [0.3, 0.4) is 0 Å². The predicted molar refractivity (Wildman–Crippen MR) is 191 cm³/mol. The summed E-state index contributed by atoms with van der Waals surface area (Å²) in [5, 5.41) is 25.9. The lowest BCUT2D eigenvalue weighted by Crippen LogP contribution is -2.56. The monoisotopic (exact) mass is 696 g/mol. The van der Waals surface area contributed by atoms with E-state index in [0.717, 1.165) is 32.2 Å². The number of aromatic hydroxyl groups is 1. The van der Waals surface area contributed by atoms with Gasteiger partial charge in [-0.25, -0.2) is 8.78 Å². The topological polar surface area (TPSA) is 114 Å². The number of aromatic nitrogens is 2. The van der Waals surface area contributed by atoms with Gasteiger partial charge < -0.3 is 25.2 Å². The number of piperazine rings is 1. The molecule has 1 aromatic heterocycles. The molecule has 4 fully saturated rings. The second-order valence-electron chi connectivity index (χ2n) is 14.6. The van der Waals surface area contributed by atoms with Gasteiger partial charge in [-0.05, 0) is 67.4 Å². The largest absolute Gasteiger partial charge is 0.508 e. The molecule has 5 heterocycles. The lowest BCUT2D eigenvalue weighted by molar-refractivity contribution is -0.119. The zero-order valence-electron chi connectivity index (χ0n) is 28.6. The molecule has 0 radical (unpaired) electrons. The van der Waals surface area contributed by atoms with Gasteiger partial charge in [0.25, 0.3) is 0 Å². The van der Waals surface area contributed by atoms with Crippen LogP contribution in [0.2, 0.25) is 0 Å². The number of carbonyl (C=O) groups is 1. The number of nitrogens with zero attached hydrogens (tertiary/aromatic N) is 5. The van der Waals surface area contributed by atoms with Crippen LogP contribution in [0.15, 0.2) is 42.5 Å². The van der Waals surface area contributed by atoms with E-state index in [9.17, 15) is 19.4 Å². The molecular weight excluding hydrogens is 654 g/mol. The number of ether oxygens (including phenoxy) is 1. The number of rotatable bonds is 9. The maximum absolute atomic E-state index is 17.1. The minimum Gasteiger partial charge on any atom is -0.508 e. The number of aliphatic hydroxyl groups excluding tert-OH is 1. The van der Waals surface area contributed by atoms with Gasteiger partial charge in [-0.2, -0.15) is 9.97 Å². The molecule has 5 atom stereocenters. The van der Waals surface area contributed by atoms with E-state index in [1.165, 1.54) is 13.0 Å². The van der Waals surface area contributed by atoms with Crippen molar-refractivity contribution in [2.45, 2.75) is 68.9 Å². The molecule has 1 amide bonds. The Morgan fingerprint density at radius 1 is 1.16 bits per heavy atom. The van der Waals surface area contributed by atoms with Crippen molar-refractivity contribution >= 4 is 33.4 Å². The number of amides is 1. The number of anilines is 1. The van der Waals surface area contributed by atoms with Crippen molar-refractivity contribution in [1.82, 2.24) is 25.1 Å². The minimum atomic E-state index is -0.921. The van der Waals surface area contributed by atoms with Crippen LogP contribution in [-0.4, -0.2) is 112 Å². The zero-order valence-corrected chi connectivity index (χ0v) is 28.6. The summed E-state index contributed by atoms with van der Waals surface area (Å²) >= 11 is 0. The number of hydrogen-bond acceptors (Lipinski definition) is 9. The normalized spacial score (nSPS) is 25.3. The average Bonchev–Trinajstić information content (AvgIpc) is 3.70. The van der Waals surface area contributed by atoms with Crippen molar-refractivity contribution in [3.8, 4) is 35.2 Å². The van der Waals surface area contributed by atoms with E-state index < -0.39 is 23.6 Å². The highest BCUT2D eigenvalue weighted by molar-refractivity contribution is 6.04. The SMILES string of the molecule is C#Cc1cccc2cc(O)cc(-c3ccc4c(N5C[C@H]6CC[C@@H](C5)N6C[C@H](O)CNC(C)=O)nc(OC[C@@]56CCCN5C[C@H](F)C6)nc4c3F)c12. The number of phenols is 1. The molecule has 2 bridgehead atoms. The van der Waals surface area contributed by atoms with Crippen LogP contribution in [0, 0.1) is 18.2 Å².